The van der Waals surface area contributed by atoms with E-state index < -0.39 is 12.0 Å². The fourth-order valence-electron chi connectivity index (χ4n) is 2.25. The first-order valence-corrected chi connectivity index (χ1v) is 7.71. The maximum atomic E-state index is 12.0. The number of carboxylic acids is 1. The van der Waals surface area contributed by atoms with Crippen LogP contribution in [0.2, 0.25) is 0 Å². The van der Waals surface area contributed by atoms with Crippen molar-refractivity contribution in [1.82, 2.24) is 5.32 Å². The maximum Gasteiger partial charge on any atom is 0.326 e. The number of nitrogens with two attached hydrogens (primary N) is 1. The fourth-order valence-corrected chi connectivity index (χ4v) is 2.72. The van der Waals surface area contributed by atoms with Crippen molar-refractivity contribution in [3.8, 4) is 0 Å². The zero-order chi connectivity index (χ0) is 13.5. The van der Waals surface area contributed by atoms with Crippen molar-refractivity contribution >= 4 is 23.6 Å². The van der Waals surface area contributed by atoms with Gasteiger partial charge in [-0.3, -0.25) is 4.79 Å². The summed E-state index contributed by atoms with van der Waals surface area (Å²) in [6, 6.07) is -0.702. The minimum atomic E-state index is -0.961. The van der Waals surface area contributed by atoms with Gasteiger partial charge < -0.3 is 16.2 Å². The van der Waals surface area contributed by atoms with E-state index in [2.05, 4.69) is 5.32 Å². The Kier molecular flexibility index (Phi) is 6.49. The molecule has 0 heterocycles. The molecule has 1 fully saturated rings. The topological polar surface area (TPSA) is 92.4 Å². The van der Waals surface area contributed by atoms with Crippen LogP contribution in [0.5, 0.6) is 0 Å². The quantitative estimate of drug-likeness (QED) is 0.667. The number of amides is 1. The van der Waals surface area contributed by atoms with Crippen LogP contribution in [-0.4, -0.2) is 41.1 Å². The van der Waals surface area contributed by atoms with Gasteiger partial charge in [0.2, 0.25) is 5.91 Å². The number of thioether (sulfide) groups is 1. The van der Waals surface area contributed by atoms with E-state index in [1.807, 2.05) is 6.26 Å². The van der Waals surface area contributed by atoms with E-state index in [1.165, 1.54) is 0 Å². The van der Waals surface area contributed by atoms with Crippen LogP contribution in [0.4, 0.5) is 0 Å². The van der Waals surface area contributed by atoms with Crippen LogP contribution in [0.3, 0.4) is 0 Å². The van der Waals surface area contributed by atoms with Crippen LogP contribution >= 0.6 is 11.8 Å². The van der Waals surface area contributed by atoms with Crippen LogP contribution in [0, 0.1) is 5.92 Å². The average Bonchev–Trinajstić information content (AvgIpc) is 2.33. The molecular formula is C12H22N2O3S. The predicted molar refractivity (Wildman–Crippen MR) is 72.5 cm³/mol. The van der Waals surface area contributed by atoms with Gasteiger partial charge in [-0.05, 0) is 37.7 Å². The summed E-state index contributed by atoms with van der Waals surface area (Å²) in [5.74, 6) is -0.512. The number of rotatable bonds is 6. The van der Waals surface area contributed by atoms with E-state index in [0.717, 1.165) is 25.0 Å². The third kappa shape index (κ3) is 4.86. The highest BCUT2D eigenvalue weighted by molar-refractivity contribution is 7.98. The molecule has 0 bridgehead atoms. The molecule has 1 rings (SSSR count). The highest BCUT2D eigenvalue weighted by Crippen LogP contribution is 2.23. The monoisotopic (exact) mass is 274 g/mol. The van der Waals surface area contributed by atoms with E-state index in [1.54, 1.807) is 11.8 Å². The minimum Gasteiger partial charge on any atom is -0.480 e. The largest absolute Gasteiger partial charge is 0.480 e. The van der Waals surface area contributed by atoms with Crippen molar-refractivity contribution in [2.75, 3.05) is 12.0 Å². The number of hydrogen-bond donors (Lipinski definition) is 3. The number of nitrogens with one attached hydrogen (secondary N) is 1. The first-order chi connectivity index (χ1) is 8.54. The Hall–Kier alpha value is -0.750. The lowest BCUT2D eigenvalue weighted by Crippen LogP contribution is -2.46. The Labute approximate surface area is 112 Å². The maximum absolute atomic E-state index is 12.0. The summed E-state index contributed by atoms with van der Waals surface area (Å²) >= 11 is 1.58. The molecule has 3 unspecified atom stereocenters. The van der Waals surface area contributed by atoms with Crippen molar-refractivity contribution in [3.05, 3.63) is 0 Å². The first kappa shape index (κ1) is 15.3. The summed E-state index contributed by atoms with van der Waals surface area (Å²) < 4.78 is 0. The molecule has 4 N–H and O–H groups in total. The second-order valence-electron chi connectivity index (χ2n) is 4.80. The highest BCUT2D eigenvalue weighted by Gasteiger charge is 2.28. The zero-order valence-corrected chi connectivity index (χ0v) is 11.5. The van der Waals surface area contributed by atoms with E-state index in [-0.39, 0.29) is 17.9 Å². The van der Waals surface area contributed by atoms with Gasteiger partial charge in [-0.15, -0.1) is 0 Å². The summed E-state index contributed by atoms with van der Waals surface area (Å²) in [6.45, 7) is 0. The molecule has 5 nitrogen and oxygen atoms in total. The van der Waals surface area contributed by atoms with Crippen molar-refractivity contribution in [1.29, 1.82) is 0 Å². The lowest BCUT2D eigenvalue weighted by atomic mass is 9.85. The molecular weight excluding hydrogens is 252 g/mol. The molecule has 0 radical (unpaired) electrons. The van der Waals surface area contributed by atoms with Gasteiger partial charge in [0, 0.05) is 12.0 Å². The smallest absolute Gasteiger partial charge is 0.326 e. The zero-order valence-electron chi connectivity index (χ0n) is 10.7. The van der Waals surface area contributed by atoms with E-state index in [9.17, 15) is 9.59 Å². The third-order valence-corrected chi connectivity index (χ3v) is 3.95. The molecule has 0 saturated heterocycles. The van der Waals surface area contributed by atoms with Gasteiger partial charge >= 0.3 is 5.97 Å². The molecule has 104 valence electrons. The standard InChI is InChI=1S/C12H22N2O3S/c1-18-6-5-10(12(16)17)14-11(15)8-3-2-4-9(13)7-8/h8-10H,2-7,13H2,1H3,(H,14,15)(H,16,17). The van der Waals surface area contributed by atoms with E-state index in [4.69, 9.17) is 10.8 Å². The molecule has 1 amide bonds. The Morgan fingerprint density at radius 2 is 2.22 bits per heavy atom. The Balaban J connectivity index is 2.46. The van der Waals surface area contributed by atoms with E-state index >= 15 is 0 Å². The Bertz CT molecular complexity index is 299. The minimum absolute atomic E-state index is 0.0731. The van der Waals surface area contributed by atoms with Gasteiger partial charge in [0.05, 0.1) is 0 Å². The predicted octanol–water partition coefficient (Wildman–Crippen LogP) is 0.826. The van der Waals surface area contributed by atoms with Crippen molar-refractivity contribution in [2.45, 2.75) is 44.2 Å². The summed E-state index contributed by atoms with van der Waals surface area (Å²) in [7, 11) is 0. The lowest BCUT2D eigenvalue weighted by Gasteiger charge is -2.27. The van der Waals surface area contributed by atoms with Gasteiger partial charge in [0.1, 0.15) is 6.04 Å². The van der Waals surface area contributed by atoms with Crippen LogP contribution < -0.4 is 11.1 Å². The van der Waals surface area contributed by atoms with Crippen LogP contribution in [-0.2, 0) is 9.59 Å². The SMILES string of the molecule is CSCCC(NC(=O)C1CCCC(N)C1)C(=O)O. The van der Waals surface area contributed by atoms with Gasteiger partial charge in [0.15, 0.2) is 0 Å². The molecule has 1 aliphatic carbocycles. The average molecular weight is 274 g/mol. The molecule has 3 atom stereocenters. The third-order valence-electron chi connectivity index (χ3n) is 3.31. The second-order valence-corrected chi connectivity index (χ2v) is 5.79. The van der Waals surface area contributed by atoms with Gasteiger partial charge in [0.25, 0.3) is 0 Å². The van der Waals surface area contributed by atoms with Crippen LogP contribution in [0.1, 0.15) is 32.1 Å². The number of carboxylic acid groups (broad SMARTS) is 1. The van der Waals surface area contributed by atoms with Crippen LogP contribution in [0.25, 0.3) is 0 Å². The fraction of sp³-hybridized carbons (Fsp3) is 0.833. The normalized spacial score (nSPS) is 25.4. The number of carbonyl (C=O) groups is 2. The van der Waals surface area contributed by atoms with E-state index in [0.29, 0.717) is 12.8 Å². The molecule has 1 aliphatic rings. The Morgan fingerprint density at radius 1 is 1.50 bits per heavy atom. The Morgan fingerprint density at radius 3 is 2.78 bits per heavy atom. The number of hydrogen-bond acceptors (Lipinski definition) is 4. The van der Waals surface area contributed by atoms with Crippen molar-refractivity contribution in [2.24, 2.45) is 11.7 Å². The molecule has 0 aromatic carbocycles. The molecule has 1 saturated carbocycles. The van der Waals surface area contributed by atoms with Gasteiger partial charge in [-0.25, -0.2) is 4.79 Å². The summed E-state index contributed by atoms with van der Waals surface area (Å²) in [4.78, 5) is 23.0. The van der Waals surface area contributed by atoms with Gasteiger partial charge in [-0.2, -0.15) is 11.8 Å². The number of aliphatic carboxylic acids is 1. The van der Waals surface area contributed by atoms with Crippen LogP contribution in [0.15, 0.2) is 0 Å². The summed E-state index contributed by atoms with van der Waals surface area (Å²) in [5.41, 5.74) is 5.83. The lowest BCUT2D eigenvalue weighted by molar-refractivity contribution is -0.142. The summed E-state index contributed by atoms with van der Waals surface area (Å²) in [5, 5.41) is 11.7. The molecule has 0 spiro atoms. The molecule has 0 aromatic heterocycles. The summed E-state index contributed by atoms with van der Waals surface area (Å²) in [6.07, 6.45) is 5.76. The van der Waals surface area contributed by atoms with Gasteiger partial charge in [-0.1, -0.05) is 6.42 Å². The molecule has 18 heavy (non-hydrogen) atoms. The van der Waals surface area contributed by atoms with Crippen molar-refractivity contribution in [3.63, 3.8) is 0 Å². The molecule has 0 aliphatic heterocycles. The highest BCUT2D eigenvalue weighted by atomic mass is 32.2. The van der Waals surface area contributed by atoms with Crippen molar-refractivity contribution < 1.29 is 14.7 Å². The second kappa shape index (κ2) is 7.63. The molecule has 6 heteroatoms. The number of carbonyl (C=O) groups excluding carboxylic acids is 1. The first-order valence-electron chi connectivity index (χ1n) is 6.32. The molecule has 0 aromatic rings.